The molecule has 1 amide bonds. The van der Waals surface area contributed by atoms with Crippen LogP contribution in [0, 0.1) is 23.7 Å². The van der Waals surface area contributed by atoms with Crippen molar-refractivity contribution < 1.29 is 14.7 Å². The number of fused-ring (bicyclic) bond motifs is 3. The van der Waals surface area contributed by atoms with E-state index in [1.165, 1.54) is 0 Å². The van der Waals surface area contributed by atoms with Gasteiger partial charge in [0, 0.05) is 5.69 Å². The van der Waals surface area contributed by atoms with Crippen molar-refractivity contribution in [1.82, 2.24) is 0 Å². The maximum absolute atomic E-state index is 12.7. The first kappa shape index (κ1) is 14.2. The largest absolute Gasteiger partial charge is 0.481 e. The Morgan fingerprint density at radius 2 is 1.65 bits per heavy atom. The Balaban J connectivity index is 1.57. The van der Waals surface area contributed by atoms with Gasteiger partial charge in [-0.3, -0.25) is 9.59 Å². The third-order valence-corrected chi connectivity index (χ3v) is 5.52. The number of hydrogen-bond acceptors (Lipinski definition) is 2. The quantitative estimate of drug-likeness (QED) is 0.911. The van der Waals surface area contributed by atoms with Crippen molar-refractivity contribution in [1.29, 1.82) is 0 Å². The van der Waals surface area contributed by atoms with Gasteiger partial charge in [-0.15, -0.1) is 0 Å². The van der Waals surface area contributed by atoms with E-state index < -0.39 is 17.8 Å². The fourth-order valence-corrected chi connectivity index (χ4v) is 4.52. The van der Waals surface area contributed by atoms with Gasteiger partial charge in [-0.05, 0) is 54.0 Å². The summed E-state index contributed by atoms with van der Waals surface area (Å²) in [4.78, 5) is 24.2. The van der Waals surface area contributed by atoms with Gasteiger partial charge in [0.2, 0.25) is 5.91 Å². The lowest BCUT2D eigenvalue weighted by Crippen LogP contribution is -2.37. The van der Waals surface area contributed by atoms with Gasteiger partial charge in [0.25, 0.3) is 0 Å². The molecule has 2 aromatic carbocycles. The van der Waals surface area contributed by atoms with Gasteiger partial charge in [-0.2, -0.15) is 0 Å². The zero-order valence-corrected chi connectivity index (χ0v) is 12.7. The van der Waals surface area contributed by atoms with Gasteiger partial charge in [-0.25, -0.2) is 0 Å². The monoisotopic (exact) mass is 309 g/mol. The Labute approximate surface area is 134 Å². The fourth-order valence-electron chi connectivity index (χ4n) is 4.52. The molecule has 0 aliphatic heterocycles. The van der Waals surface area contributed by atoms with Crippen LogP contribution < -0.4 is 5.32 Å². The van der Waals surface area contributed by atoms with Crippen molar-refractivity contribution in [2.45, 2.75) is 19.3 Å². The van der Waals surface area contributed by atoms with Crippen molar-refractivity contribution in [2.24, 2.45) is 23.7 Å². The highest BCUT2D eigenvalue weighted by molar-refractivity contribution is 5.98. The molecular weight excluding hydrogens is 290 g/mol. The molecule has 2 fully saturated rings. The minimum Gasteiger partial charge on any atom is -0.481 e. The first-order chi connectivity index (χ1) is 11.1. The number of nitrogens with one attached hydrogen (secondary N) is 1. The second-order valence-electron chi connectivity index (χ2n) is 6.77. The molecule has 4 heteroatoms. The molecule has 2 aliphatic rings. The number of carbonyl (C=O) groups is 2. The SMILES string of the molecule is O=C(Nc1ccc2ccccc2c1)[C@@H]1[C@@H]2CC[C@@H](C2)[C@@H]1C(=O)O. The van der Waals surface area contributed by atoms with Crippen LogP contribution in [-0.4, -0.2) is 17.0 Å². The van der Waals surface area contributed by atoms with Crippen molar-refractivity contribution in [3.63, 3.8) is 0 Å². The predicted octanol–water partition coefficient (Wildman–Crippen LogP) is 3.53. The number of carboxylic acid groups (broad SMARTS) is 1. The summed E-state index contributed by atoms with van der Waals surface area (Å²) in [5.41, 5.74) is 0.737. The molecule has 118 valence electrons. The number of amides is 1. The summed E-state index contributed by atoms with van der Waals surface area (Å²) >= 11 is 0. The van der Waals surface area contributed by atoms with E-state index >= 15 is 0 Å². The van der Waals surface area contributed by atoms with Crippen molar-refractivity contribution in [2.75, 3.05) is 5.32 Å². The molecule has 0 radical (unpaired) electrons. The third kappa shape index (κ3) is 2.38. The van der Waals surface area contributed by atoms with E-state index in [4.69, 9.17) is 0 Å². The fraction of sp³-hybridized carbons (Fsp3) is 0.368. The van der Waals surface area contributed by atoms with Crippen LogP contribution in [-0.2, 0) is 9.59 Å². The summed E-state index contributed by atoms with van der Waals surface area (Å²) in [5.74, 6) is -1.48. The van der Waals surface area contributed by atoms with E-state index in [0.717, 1.165) is 35.7 Å². The highest BCUT2D eigenvalue weighted by Gasteiger charge is 2.53. The molecule has 0 unspecified atom stereocenters. The first-order valence-corrected chi connectivity index (χ1v) is 8.16. The summed E-state index contributed by atoms with van der Waals surface area (Å²) in [6.07, 6.45) is 2.80. The number of aliphatic carboxylic acids is 1. The maximum atomic E-state index is 12.7. The smallest absolute Gasteiger partial charge is 0.307 e. The lowest BCUT2D eigenvalue weighted by Gasteiger charge is -2.27. The minimum absolute atomic E-state index is 0.139. The predicted molar refractivity (Wildman–Crippen MR) is 88.0 cm³/mol. The average Bonchev–Trinajstić information content (AvgIpc) is 3.15. The van der Waals surface area contributed by atoms with E-state index in [-0.39, 0.29) is 17.7 Å². The normalized spacial score (nSPS) is 28.9. The first-order valence-electron chi connectivity index (χ1n) is 8.16. The molecule has 4 nitrogen and oxygen atoms in total. The van der Waals surface area contributed by atoms with Gasteiger partial charge in [0.1, 0.15) is 0 Å². The van der Waals surface area contributed by atoms with Crippen molar-refractivity contribution >= 4 is 28.3 Å². The van der Waals surface area contributed by atoms with Crippen LogP contribution in [0.2, 0.25) is 0 Å². The second-order valence-corrected chi connectivity index (χ2v) is 6.77. The van der Waals surface area contributed by atoms with Crippen LogP contribution in [0.5, 0.6) is 0 Å². The van der Waals surface area contributed by atoms with E-state index in [2.05, 4.69) is 5.32 Å². The third-order valence-electron chi connectivity index (χ3n) is 5.52. The Morgan fingerprint density at radius 3 is 2.39 bits per heavy atom. The number of anilines is 1. The Hall–Kier alpha value is -2.36. The number of carboxylic acids is 1. The molecule has 2 saturated carbocycles. The van der Waals surface area contributed by atoms with Crippen LogP contribution in [0.4, 0.5) is 5.69 Å². The molecule has 2 N–H and O–H groups in total. The maximum Gasteiger partial charge on any atom is 0.307 e. The van der Waals surface area contributed by atoms with Crippen LogP contribution in [0.3, 0.4) is 0 Å². The Morgan fingerprint density at radius 1 is 0.957 bits per heavy atom. The van der Waals surface area contributed by atoms with Crippen LogP contribution in [0.25, 0.3) is 10.8 Å². The topological polar surface area (TPSA) is 66.4 Å². The summed E-state index contributed by atoms with van der Waals surface area (Å²) in [6, 6.07) is 13.8. The molecule has 4 rings (SSSR count). The van der Waals surface area contributed by atoms with E-state index in [1.54, 1.807) is 0 Å². The van der Waals surface area contributed by atoms with E-state index in [1.807, 2.05) is 42.5 Å². The van der Waals surface area contributed by atoms with Crippen LogP contribution >= 0.6 is 0 Å². The summed E-state index contributed by atoms with van der Waals surface area (Å²) in [5, 5.41) is 14.6. The number of benzene rings is 2. The highest BCUT2D eigenvalue weighted by Crippen LogP contribution is 2.52. The molecule has 0 heterocycles. The van der Waals surface area contributed by atoms with Gasteiger partial charge in [0.05, 0.1) is 11.8 Å². The Bertz CT molecular complexity index is 785. The molecular formula is C19H19NO3. The summed E-state index contributed by atoms with van der Waals surface area (Å²) in [7, 11) is 0. The average molecular weight is 309 g/mol. The van der Waals surface area contributed by atoms with Gasteiger partial charge in [0.15, 0.2) is 0 Å². The van der Waals surface area contributed by atoms with E-state index in [9.17, 15) is 14.7 Å². The zero-order valence-electron chi connectivity index (χ0n) is 12.7. The number of hydrogen-bond donors (Lipinski definition) is 2. The molecule has 2 aromatic rings. The second kappa shape index (κ2) is 5.37. The van der Waals surface area contributed by atoms with E-state index in [0.29, 0.717) is 0 Å². The molecule has 2 aliphatic carbocycles. The molecule has 2 bridgehead atoms. The van der Waals surface area contributed by atoms with Crippen molar-refractivity contribution in [3.8, 4) is 0 Å². The lowest BCUT2D eigenvalue weighted by atomic mass is 9.78. The van der Waals surface area contributed by atoms with Crippen molar-refractivity contribution in [3.05, 3.63) is 42.5 Å². The highest BCUT2D eigenvalue weighted by atomic mass is 16.4. The molecule has 0 spiro atoms. The van der Waals surface area contributed by atoms with Crippen LogP contribution in [0.15, 0.2) is 42.5 Å². The number of carbonyl (C=O) groups excluding carboxylic acids is 1. The lowest BCUT2D eigenvalue weighted by molar-refractivity contribution is -0.148. The summed E-state index contributed by atoms with van der Waals surface area (Å²) in [6.45, 7) is 0. The molecule has 0 aromatic heterocycles. The number of rotatable bonds is 3. The van der Waals surface area contributed by atoms with Gasteiger partial charge >= 0.3 is 5.97 Å². The molecule has 0 saturated heterocycles. The van der Waals surface area contributed by atoms with Crippen LogP contribution in [0.1, 0.15) is 19.3 Å². The molecule has 23 heavy (non-hydrogen) atoms. The summed E-state index contributed by atoms with van der Waals surface area (Å²) < 4.78 is 0. The zero-order chi connectivity index (χ0) is 16.0. The molecule has 4 atom stereocenters. The van der Waals surface area contributed by atoms with Gasteiger partial charge in [-0.1, -0.05) is 30.3 Å². The minimum atomic E-state index is -0.823. The van der Waals surface area contributed by atoms with Gasteiger partial charge < -0.3 is 10.4 Å². The Kier molecular flexibility index (Phi) is 3.33. The standard InChI is InChI=1S/C19H19NO3/c21-18(16-13-5-6-14(9-13)17(16)19(22)23)20-15-8-7-11-3-1-2-4-12(11)10-15/h1-4,7-8,10,13-14,16-17H,5-6,9H2,(H,20,21)(H,22,23)/t13-,14+,16-,17+/m1/s1.